The summed E-state index contributed by atoms with van der Waals surface area (Å²) >= 11 is 6.32. The molecule has 4 rings (SSSR count). The van der Waals surface area contributed by atoms with Gasteiger partial charge in [-0.05, 0) is 74.7 Å². The minimum atomic E-state index is 0.196. The van der Waals surface area contributed by atoms with Gasteiger partial charge in [0.05, 0.1) is 11.7 Å². The number of halogens is 1. The average Bonchev–Trinajstić information content (AvgIpc) is 3.11. The number of amides is 1. The standard InChI is InChI=1S/C27H39ClN4O.C2H6/c1-20(2)25-19-31(16-17-32(25)26(33)18-21-11-14-29-15-12-21)27(24-8-3-4-13-30-24)22-6-5-7-23(28)10-9-22;1-2/h3-4,7-10,13,20-22,25,27,29H,5-6,11-12,14-19H2,1-2H3;1-2H3. The van der Waals surface area contributed by atoms with Crippen molar-refractivity contribution in [1.82, 2.24) is 20.1 Å². The molecule has 1 N–H and O–H groups in total. The molecule has 0 saturated carbocycles. The van der Waals surface area contributed by atoms with E-state index >= 15 is 0 Å². The summed E-state index contributed by atoms with van der Waals surface area (Å²) in [5.41, 5.74) is 1.11. The highest BCUT2D eigenvalue weighted by atomic mass is 35.5. The molecule has 0 aromatic carbocycles. The number of nitrogens with zero attached hydrogens (tertiary/aromatic N) is 3. The Morgan fingerprint density at radius 3 is 2.63 bits per heavy atom. The Balaban J connectivity index is 0.00000167. The third-order valence-corrected chi connectivity index (χ3v) is 7.87. The third kappa shape index (κ3) is 7.65. The average molecular weight is 501 g/mol. The van der Waals surface area contributed by atoms with Gasteiger partial charge in [0.2, 0.25) is 5.91 Å². The van der Waals surface area contributed by atoms with E-state index in [0.717, 1.165) is 69.1 Å². The van der Waals surface area contributed by atoms with Gasteiger partial charge in [-0.25, -0.2) is 0 Å². The van der Waals surface area contributed by atoms with Gasteiger partial charge in [-0.15, -0.1) is 0 Å². The van der Waals surface area contributed by atoms with E-state index in [4.69, 9.17) is 16.6 Å². The molecule has 35 heavy (non-hydrogen) atoms. The van der Waals surface area contributed by atoms with Crippen LogP contribution in [-0.2, 0) is 4.79 Å². The number of nitrogens with one attached hydrogen (secondary N) is 1. The Hall–Kier alpha value is -1.69. The lowest BCUT2D eigenvalue weighted by molar-refractivity contribution is -0.139. The van der Waals surface area contributed by atoms with Crippen molar-refractivity contribution in [3.63, 3.8) is 0 Å². The summed E-state index contributed by atoms with van der Waals surface area (Å²) in [4.78, 5) is 22.9. The van der Waals surface area contributed by atoms with E-state index in [9.17, 15) is 4.79 Å². The van der Waals surface area contributed by atoms with E-state index in [1.807, 2.05) is 32.2 Å². The predicted molar refractivity (Wildman–Crippen MR) is 146 cm³/mol. The first-order chi connectivity index (χ1) is 17.0. The summed E-state index contributed by atoms with van der Waals surface area (Å²) in [6, 6.07) is 6.64. The molecule has 3 atom stereocenters. The van der Waals surface area contributed by atoms with Crippen LogP contribution in [0.4, 0.5) is 0 Å². The Bertz CT molecular complexity index is 834. The maximum atomic E-state index is 13.4. The van der Waals surface area contributed by atoms with Crippen LogP contribution >= 0.6 is 11.6 Å². The lowest BCUT2D eigenvalue weighted by atomic mass is 9.88. The van der Waals surface area contributed by atoms with Crippen LogP contribution in [0.2, 0.25) is 0 Å². The van der Waals surface area contributed by atoms with Crippen molar-refractivity contribution in [2.24, 2.45) is 17.8 Å². The van der Waals surface area contributed by atoms with Gasteiger partial charge in [-0.3, -0.25) is 14.7 Å². The number of pyridine rings is 1. The van der Waals surface area contributed by atoms with Gasteiger partial charge in [0, 0.05) is 43.3 Å². The first-order valence-corrected chi connectivity index (χ1v) is 14.1. The Morgan fingerprint density at radius 2 is 1.94 bits per heavy atom. The van der Waals surface area contributed by atoms with Crippen LogP contribution in [-0.4, -0.2) is 59.5 Å². The zero-order chi connectivity index (χ0) is 25.2. The fourth-order valence-corrected chi connectivity index (χ4v) is 5.88. The molecule has 0 radical (unpaired) electrons. The summed E-state index contributed by atoms with van der Waals surface area (Å²) < 4.78 is 0. The molecular formula is C29H45ClN4O. The SMILES string of the molecule is CC.CC(C)C1CN(C(c2ccccn2)C2C=CC(Cl)=CCC2)CCN1C(=O)CC1CCNCC1. The van der Waals surface area contributed by atoms with E-state index in [-0.39, 0.29) is 12.1 Å². The first-order valence-electron chi connectivity index (χ1n) is 13.7. The van der Waals surface area contributed by atoms with Gasteiger partial charge in [0.25, 0.3) is 0 Å². The molecule has 194 valence electrons. The van der Waals surface area contributed by atoms with Crippen LogP contribution < -0.4 is 5.32 Å². The largest absolute Gasteiger partial charge is 0.337 e. The maximum Gasteiger partial charge on any atom is 0.223 e. The maximum absolute atomic E-state index is 13.4. The lowest BCUT2D eigenvalue weighted by Crippen LogP contribution is -2.58. The molecule has 6 heteroatoms. The van der Waals surface area contributed by atoms with E-state index in [1.165, 1.54) is 0 Å². The zero-order valence-corrected chi connectivity index (χ0v) is 22.9. The Kier molecular flexibility index (Phi) is 11.3. The number of hydrogen-bond acceptors (Lipinski definition) is 4. The van der Waals surface area contributed by atoms with Crippen molar-refractivity contribution in [1.29, 1.82) is 0 Å². The van der Waals surface area contributed by atoms with Crippen molar-refractivity contribution in [3.8, 4) is 0 Å². The van der Waals surface area contributed by atoms with Crippen molar-refractivity contribution < 1.29 is 4.79 Å². The molecule has 0 bridgehead atoms. The normalized spacial score (nSPS) is 24.9. The van der Waals surface area contributed by atoms with E-state index in [1.54, 1.807) is 0 Å². The monoisotopic (exact) mass is 500 g/mol. The number of allylic oxidation sites excluding steroid dienone is 3. The highest BCUT2D eigenvalue weighted by Crippen LogP contribution is 2.36. The summed E-state index contributed by atoms with van der Waals surface area (Å²) in [6.45, 7) is 13.2. The minimum absolute atomic E-state index is 0.196. The topological polar surface area (TPSA) is 48.5 Å². The van der Waals surface area contributed by atoms with Crippen molar-refractivity contribution >= 4 is 17.5 Å². The zero-order valence-electron chi connectivity index (χ0n) is 22.1. The van der Waals surface area contributed by atoms with Crippen LogP contribution in [0.15, 0.2) is 47.7 Å². The number of aromatic nitrogens is 1. The van der Waals surface area contributed by atoms with Crippen LogP contribution in [0.1, 0.15) is 71.5 Å². The second-order valence-electron chi connectivity index (χ2n) is 10.2. The molecule has 3 aliphatic rings. The number of hydrogen-bond donors (Lipinski definition) is 1. The predicted octanol–water partition coefficient (Wildman–Crippen LogP) is 5.80. The van der Waals surface area contributed by atoms with Crippen LogP contribution in [0, 0.1) is 17.8 Å². The molecular weight excluding hydrogens is 456 g/mol. The summed E-state index contributed by atoms with van der Waals surface area (Å²) in [7, 11) is 0. The molecule has 2 aliphatic heterocycles. The number of piperidine rings is 1. The summed E-state index contributed by atoms with van der Waals surface area (Å²) in [5, 5.41) is 4.24. The van der Waals surface area contributed by atoms with Gasteiger partial charge in [-0.2, -0.15) is 0 Å². The second kappa shape index (κ2) is 14.2. The lowest BCUT2D eigenvalue weighted by Gasteiger charge is -2.47. The van der Waals surface area contributed by atoms with Crippen LogP contribution in [0.3, 0.4) is 0 Å². The molecule has 1 aliphatic carbocycles. The molecule has 1 amide bonds. The van der Waals surface area contributed by atoms with Gasteiger partial charge in [-0.1, -0.05) is 57.5 Å². The molecule has 1 aromatic rings. The van der Waals surface area contributed by atoms with Crippen molar-refractivity contribution in [2.45, 2.75) is 71.9 Å². The molecule has 3 unspecified atom stereocenters. The highest BCUT2D eigenvalue weighted by molar-refractivity contribution is 6.31. The number of carbonyl (C=O) groups is 1. The third-order valence-electron chi connectivity index (χ3n) is 7.59. The van der Waals surface area contributed by atoms with Gasteiger partial charge < -0.3 is 10.2 Å². The highest BCUT2D eigenvalue weighted by Gasteiger charge is 2.38. The smallest absolute Gasteiger partial charge is 0.223 e. The molecule has 5 nitrogen and oxygen atoms in total. The fourth-order valence-electron chi connectivity index (χ4n) is 5.70. The molecule has 3 heterocycles. The number of piperazine rings is 1. The quantitative estimate of drug-likeness (QED) is 0.536. The molecule has 2 fully saturated rings. The van der Waals surface area contributed by atoms with Gasteiger partial charge in [0.15, 0.2) is 0 Å². The van der Waals surface area contributed by atoms with E-state index in [2.05, 4.69) is 53.2 Å². The fraction of sp³-hybridized carbons (Fsp3) is 0.655. The van der Waals surface area contributed by atoms with Gasteiger partial charge in [0.1, 0.15) is 0 Å². The van der Waals surface area contributed by atoms with Crippen LogP contribution in [0.5, 0.6) is 0 Å². The van der Waals surface area contributed by atoms with Gasteiger partial charge >= 0.3 is 0 Å². The molecule has 2 saturated heterocycles. The minimum Gasteiger partial charge on any atom is -0.337 e. The summed E-state index contributed by atoms with van der Waals surface area (Å²) in [6.07, 6.45) is 13.3. The molecule has 1 aromatic heterocycles. The molecule has 0 spiro atoms. The Labute approximate surface area is 218 Å². The van der Waals surface area contributed by atoms with Crippen molar-refractivity contribution in [2.75, 3.05) is 32.7 Å². The van der Waals surface area contributed by atoms with Crippen LogP contribution in [0.25, 0.3) is 0 Å². The number of rotatable bonds is 6. The Morgan fingerprint density at radius 1 is 1.17 bits per heavy atom. The van der Waals surface area contributed by atoms with Crippen molar-refractivity contribution in [3.05, 3.63) is 53.4 Å². The van der Waals surface area contributed by atoms with E-state index in [0.29, 0.717) is 30.1 Å². The number of carbonyl (C=O) groups excluding carboxylic acids is 1. The van der Waals surface area contributed by atoms with E-state index < -0.39 is 0 Å². The second-order valence-corrected chi connectivity index (χ2v) is 10.6. The summed E-state index contributed by atoms with van der Waals surface area (Å²) in [5.74, 6) is 1.63. The first kappa shape index (κ1) is 27.9.